The minimum Gasteiger partial charge on any atom is -0.493 e. The maximum absolute atomic E-state index is 12.4. The summed E-state index contributed by atoms with van der Waals surface area (Å²) in [6, 6.07) is 26.2. The molecular weight excluding hydrogens is 440 g/mol. The molecule has 3 aromatic carbocycles. The first-order valence-electron chi connectivity index (χ1n) is 11.9. The van der Waals surface area contributed by atoms with Gasteiger partial charge in [0.2, 0.25) is 0 Å². The van der Waals surface area contributed by atoms with Crippen LogP contribution in [0.5, 0.6) is 5.75 Å². The average Bonchev–Trinajstić information content (AvgIpc) is 3.23. The highest BCUT2D eigenvalue weighted by Crippen LogP contribution is 2.30. The largest absolute Gasteiger partial charge is 0.493 e. The number of amides is 1. The molecule has 0 unspecified atom stereocenters. The van der Waals surface area contributed by atoms with E-state index in [0.717, 1.165) is 34.7 Å². The number of nitrogens with zero attached hydrogens (tertiary/aromatic N) is 1. The summed E-state index contributed by atoms with van der Waals surface area (Å²) in [5.74, 6) is 1.52. The van der Waals surface area contributed by atoms with Crippen molar-refractivity contribution in [1.29, 1.82) is 0 Å². The standard InChI is InChI=1S/C29H28N2O2S/c32-28-27(34-29(31-28)30-25-9-5-2-6-10-25)19-21-11-13-23(14-12-21)24-15-17-26(18-16-24)33-20-22-7-3-1-4-8-22/h2,5-6,9-19,22H,1,3-4,7-8,20H2,(H,30,31,32)/b27-19+. The van der Waals surface area contributed by atoms with Gasteiger partial charge < -0.3 is 10.1 Å². The molecule has 2 fully saturated rings. The van der Waals surface area contributed by atoms with Crippen molar-refractivity contribution in [2.75, 3.05) is 6.61 Å². The number of hydrogen-bond donors (Lipinski definition) is 1. The van der Waals surface area contributed by atoms with E-state index in [4.69, 9.17) is 4.74 Å². The first-order valence-corrected chi connectivity index (χ1v) is 12.7. The third-order valence-corrected chi connectivity index (χ3v) is 7.15. The molecule has 1 heterocycles. The van der Waals surface area contributed by atoms with Crippen molar-refractivity contribution in [2.45, 2.75) is 32.1 Å². The van der Waals surface area contributed by atoms with Crippen LogP contribution in [0.4, 0.5) is 5.69 Å². The minimum atomic E-state index is -0.118. The summed E-state index contributed by atoms with van der Waals surface area (Å²) in [6.45, 7) is 0.825. The molecule has 1 saturated carbocycles. The molecule has 5 heteroatoms. The Morgan fingerprint density at radius 1 is 0.882 bits per heavy atom. The number of thioether (sulfide) groups is 1. The summed E-state index contributed by atoms with van der Waals surface area (Å²) >= 11 is 1.36. The quantitative estimate of drug-likeness (QED) is 0.389. The van der Waals surface area contributed by atoms with Crippen LogP contribution < -0.4 is 10.1 Å². The first kappa shape index (κ1) is 22.5. The van der Waals surface area contributed by atoms with Gasteiger partial charge in [-0.3, -0.25) is 4.79 Å². The summed E-state index contributed by atoms with van der Waals surface area (Å²) < 4.78 is 6.03. The molecule has 1 amide bonds. The van der Waals surface area contributed by atoms with Crippen molar-refractivity contribution in [3.05, 3.63) is 89.3 Å². The number of nitrogens with one attached hydrogen (secondary N) is 1. The maximum atomic E-state index is 12.4. The number of benzene rings is 3. The number of hydrogen-bond acceptors (Lipinski definition) is 4. The lowest BCUT2D eigenvalue weighted by Crippen LogP contribution is -2.19. The molecule has 0 spiro atoms. The van der Waals surface area contributed by atoms with E-state index in [-0.39, 0.29) is 5.91 Å². The van der Waals surface area contributed by atoms with Gasteiger partial charge >= 0.3 is 0 Å². The van der Waals surface area contributed by atoms with Crippen molar-refractivity contribution < 1.29 is 9.53 Å². The fraction of sp³-hybridized carbons (Fsp3) is 0.241. The molecule has 1 aliphatic carbocycles. The van der Waals surface area contributed by atoms with Gasteiger partial charge in [-0.1, -0.05) is 73.9 Å². The average molecular weight is 469 g/mol. The van der Waals surface area contributed by atoms with Crippen molar-refractivity contribution in [1.82, 2.24) is 5.32 Å². The fourth-order valence-electron chi connectivity index (χ4n) is 4.33. The van der Waals surface area contributed by atoms with Crippen LogP contribution in [0.25, 0.3) is 17.2 Å². The zero-order valence-electron chi connectivity index (χ0n) is 19.1. The van der Waals surface area contributed by atoms with Crippen molar-refractivity contribution in [3.63, 3.8) is 0 Å². The molecule has 1 aliphatic heterocycles. The van der Waals surface area contributed by atoms with Crippen molar-refractivity contribution in [2.24, 2.45) is 10.9 Å². The highest BCUT2D eigenvalue weighted by molar-refractivity contribution is 8.18. The Labute approximate surface area is 205 Å². The van der Waals surface area contributed by atoms with E-state index in [1.165, 1.54) is 43.9 Å². The number of ether oxygens (including phenoxy) is 1. The molecule has 1 N–H and O–H groups in total. The molecule has 1 saturated heterocycles. The summed E-state index contributed by atoms with van der Waals surface area (Å²) in [5, 5.41) is 3.44. The number of para-hydroxylation sites is 1. The lowest BCUT2D eigenvalue weighted by Gasteiger charge is -2.21. The molecule has 5 rings (SSSR count). The van der Waals surface area contributed by atoms with Crippen LogP contribution in [0.2, 0.25) is 0 Å². The third kappa shape index (κ3) is 5.78. The molecule has 4 nitrogen and oxygen atoms in total. The van der Waals surface area contributed by atoms with E-state index in [1.807, 2.05) is 48.5 Å². The van der Waals surface area contributed by atoms with E-state index in [0.29, 0.717) is 16.0 Å². The predicted octanol–water partition coefficient (Wildman–Crippen LogP) is 7.20. The highest BCUT2D eigenvalue weighted by Gasteiger charge is 2.23. The van der Waals surface area contributed by atoms with Gasteiger partial charge in [0.1, 0.15) is 5.75 Å². The molecule has 0 bridgehead atoms. The summed E-state index contributed by atoms with van der Waals surface area (Å²) in [5.41, 5.74) is 4.08. The van der Waals surface area contributed by atoms with E-state index < -0.39 is 0 Å². The minimum absolute atomic E-state index is 0.118. The van der Waals surface area contributed by atoms with Crippen molar-refractivity contribution >= 4 is 34.6 Å². The Kier molecular flexibility index (Phi) is 7.10. The van der Waals surface area contributed by atoms with Gasteiger partial charge in [-0.15, -0.1) is 0 Å². The highest BCUT2D eigenvalue weighted by atomic mass is 32.2. The van der Waals surface area contributed by atoms with Gasteiger partial charge in [0.25, 0.3) is 5.91 Å². The number of amidine groups is 1. The van der Waals surface area contributed by atoms with Gasteiger partial charge in [0, 0.05) is 0 Å². The van der Waals surface area contributed by atoms with Crippen LogP contribution in [-0.4, -0.2) is 17.7 Å². The summed E-state index contributed by atoms with van der Waals surface area (Å²) in [7, 11) is 0. The number of carbonyl (C=O) groups excluding carboxylic acids is 1. The normalized spacial score (nSPS) is 18.9. The van der Waals surface area contributed by atoms with E-state index in [9.17, 15) is 4.79 Å². The monoisotopic (exact) mass is 468 g/mol. The molecular formula is C29H28N2O2S. The Hall–Kier alpha value is -3.31. The van der Waals surface area contributed by atoms with Crippen LogP contribution in [0.15, 0.2) is 88.8 Å². The summed E-state index contributed by atoms with van der Waals surface area (Å²) in [4.78, 5) is 17.5. The van der Waals surface area contributed by atoms with Gasteiger partial charge in [-0.2, -0.15) is 0 Å². The molecule has 2 aliphatic rings. The number of carbonyl (C=O) groups is 1. The topological polar surface area (TPSA) is 50.7 Å². The second-order valence-electron chi connectivity index (χ2n) is 8.78. The van der Waals surface area contributed by atoms with E-state index in [2.05, 4.69) is 46.7 Å². The van der Waals surface area contributed by atoms with Crippen LogP contribution in [-0.2, 0) is 4.79 Å². The van der Waals surface area contributed by atoms with Crippen molar-refractivity contribution in [3.8, 4) is 16.9 Å². The van der Waals surface area contributed by atoms with E-state index in [1.54, 1.807) is 0 Å². The zero-order chi connectivity index (χ0) is 23.2. The molecule has 0 atom stereocenters. The Balaban J connectivity index is 1.21. The second-order valence-corrected chi connectivity index (χ2v) is 9.81. The number of rotatable bonds is 6. The van der Waals surface area contributed by atoms with Gasteiger partial charge in [-0.25, -0.2) is 4.99 Å². The fourth-order valence-corrected chi connectivity index (χ4v) is 5.18. The van der Waals surface area contributed by atoms with Crippen LogP contribution in [0.1, 0.15) is 37.7 Å². The lowest BCUT2D eigenvalue weighted by atomic mass is 9.90. The van der Waals surface area contributed by atoms with Crippen LogP contribution in [0.3, 0.4) is 0 Å². The second kappa shape index (κ2) is 10.7. The molecule has 34 heavy (non-hydrogen) atoms. The SMILES string of the molecule is O=C1NC(=Nc2ccccc2)S/C1=C/c1ccc(-c2ccc(OCC3CCCCC3)cc2)cc1. The third-order valence-electron chi connectivity index (χ3n) is 6.24. The zero-order valence-corrected chi connectivity index (χ0v) is 19.9. The van der Waals surface area contributed by atoms with Crippen LogP contribution >= 0.6 is 11.8 Å². The smallest absolute Gasteiger partial charge is 0.264 e. The maximum Gasteiger partial charge on any atom is 0.264 e. The predicted molar refractivity (Wildman–Crippen MR) is 141 cm³/mol. The van der Waals surface area contributed by atoms with Gasteiger partial charge in [0.15, 0.2) is 5.17 Å². The number of aliphatic imine (C=N–C) groups is 1. The van der Waals surface area contributed by atoms with Gasteiger partial charge in [-0.05, 0) is 77.6 Å². The van der Waals surface area contributed by atoms with Gasteiger partial charge in [0.05, 0.1) is 17.2 Å². The molecule has 0 radical (unpaired) electrons. The lowest BCUT2D eigenvalue weighted by molar-refractivity contribution is -0.115. The Bertz CT molecular complexity index is 1180. The molecule has 0 aromatic heterocycles. The Morgan fingerprint density at radius 3 is 2.26 bits per heavy atom. The summed E-state index contributed by atoms with van der Waals surface area (Å²) in [6.07, 6.45) is 8.54. The molecule has 3 aromatic rings. The van der Waals surface area contributed by atoms with Crippen LogP contribution in [0, 0.1) is 5.92 Å². The molecule has 172 valence electrons. The van der Waals surface area contributed by atoms with E-state index >= 15 is 0 Å². The Morgan fingerprint density at radius 2 is 1.56 bits per heavy atom. The first-order chi connectivity index (χ1) is 16.7.